The predicted octanol–water partition coefficient (Wildman–Crippen LogP) is 5.29. The van der Waals surface area contributed by atoms with Crippen LogP contribution in [0.25, 0.3) is 33.7 Å². The average Bonchev–Trinajstić information content (AvgIpc) is 3.38. The van der Waals surface area contributed by atoms with Crippen LogP contribution in [0.4, 0.5) is 0 Å². The third kappa shape index (κ3) is 2.54. The Balaban J connectivity index is 1.57. The third-order valence-corrected chi connectivity index (χ3v) is 6.26. The van der Waals surface area contributed by atoms with Gasteiger partial charge in [-0.15, -0.1) is 0 Å². The number of Topliss-reactive ketones (excluding diaryl/α,β-unsaturated/α-hetero) is 2. The number of hydrogen-bond acceptors (Lipinski definition) is 3. The lowest BCUT2D eigenvalue weighted by atomic mass is 10.0. The molecule has 5 nitrogen and oxygen atoms in total. The number of benzene rings is 3. The summed E-state index contributed by atoms with van der Waals surface area (Å²) >= 11 is 0. The molecule has 2 aromatic heterocycles. The highest BCUT2D eigenvalue weighted by Gasteiger charge is 2.34. The number of allylic oxidation sites excluding steroid dienone is 1. The van der Waals surface area contributed by atoms with Gasteiger partial charge in [0.2, 0.25) is 0 Å². The van der Waals surface area contributed by atoms with Crippen LogP contribution in [-0.2, 0) is 7.05 Å². The zero-order chi connectivity index (χ0) is 22.0. The van der Waals surface area contributed by atoms with E-state index < -0.39 is 0 Å². The maximum Gasteiger partial charge on any atom is 0.197 e. The van der Waals surface area contributed by atoms with E-state index in [0.29, 0.717) is 17.0 Å². The lowest BCUT2D eigenvalue weighted by Crippen LogP contribution is -2.03. The highest BCUT2D eigenvalue weighted by molar-refractivity contribution is 6.42. The molecule has 0 spiro atoms. The van der Waals surface area contributed by atoms with E-state index in [0.717, 1.165) is 33.3 Å². The highest BCUT2D eigenvalue weighted by Crippen LogP contribution is 2.33. The number of hydrogen-bond donors (Lipinski definition) is 0. The number of rotatable bonds is 2. The van der Waals surface area contributed by atoms with Crippen molar-refractivity contribution in [3.63, 3.8) is 0 Å². The molecule has 0 amide bonds. The van der Waals surface area contributed by atoms with Crippen LogP contribution >= 0.6 is 0 Å². The molecule has 5 aromatic rings. The Morgan fingerprint density at radius 2 is 1.41 bits per heavy atom. The Kier molecular flexibility index (Phi) is 3.83. The Morgan fingerprint density at radius 1 is 0.812 bits per heavy atom. The second kappa shape index (κ2) is 6.62. The molecule has 1 aliphatic carbocycles. The molecule has 0 fully saturated rings. The van der Waals surface area contributed by atoms with E-state index in [1.807, 2.05) is 89.8 Å². The van der Waals surface area contributed by atoms with Crippen molar-refractivity contribution in [2.75, 3.05) is 0 Å². The van der Waals surface area contributed by atoms with Crippen molar-refractivity contribution in [3.05, 3.63) is 101 Å². The number of ketones is 2. The lowest BCUT2D eigenvalue weighted by Gasteiger charge is -2.06. The fourth-order valence-electron chi connectivity index (χ4n) is 4.49. The van der Waals surface area contributed by atoms with Crippen LogP contribution in [0.1, 0.15) is 32.2 Å². The van der Waals surface area contributed by atoms with E-state index in [1.54, 1.807) is 6.08 Å². The summed E-state index contributed by atoms with van der Waals surface area (Å²) in [5.41, 5.74) is 4.81. The maximum absolute atomic E-state index is 13.2. The van der Waals surface area contributed by atoms with E-state index in [4.69, 9.17) is 4.98 Å². The Labute approximate surface area is 184 Å². The quantitative estimate of drug-likeness (QED) is 0.290. The van der Waals surface area contributed by atoms with Crippen LogP contribution in [0, 0.1) is 6.92 Å². The molecule has 0 unspecified atom stereocenters. The van der Waals surface area contributed by atoms with E-state index in [1.165, 1.54) is 0 Å². The van der Waals surface area contributed by atoms with Gasteiger partial charge in [0.05, 0.1) is 11.1 Å². The Morgan fingerprint density at radius 3 is 2.03 bits per heavy atom. The van der Waals surface area contributed by atoms with Crippen LogP contribution in [-0.4, -0.2) is 25.7 Å². The molecule has 3 aromatic carbocycles. The van der Waals surface area contributed by atoms with Gasteiger partial charge in [-0.05, 0) is 54.1 Å². The SMILES string of the molecule is Cc1cc2c(nc(C=C3C(=O)c4cc5ccccc5cc4C3=O)n2-c2ccccc2)n1C. The van der Waals surface area contributed by atoms with Gasteiger partial charge in [0.1, 0.15) is 5.82 Å². The van der Waals surface area contributed by atoms with Gasteiger partial charge in [-0.25, -0.2) is 4.98 Å². The monoisotopic (exact) mass is 417 g/mol. The van der Waals surface area contributed by atoms with E-state index >= 15 is 0 Å². The minimum Gasteiger partial charge on any atom is -0.332 e. The van der Waals surface area contributed by atoms with Crippen molar-refractivity contribution in [1.82, 2.24) is 14.1 Å². The van der Waals surface area contributed by atoms with Crippen molar-refractivity contribution in [1.29, 1.82) is 0 Å². The first kappa shape index (κ1) is 18.5. The van der Waals surface area contributed by atoms with Crippen molar-refractivity contribution < 1.29 is 9.59 Å². The minimum atomic E-state index is -0.251. The fourth-order valence-corrected chi connectivity index (χ4v) is 4.49. The van der Waals surface area contributed by atoms with Crippen molar-refractivity contribution >= 4 is 39.6 Å². The summed E-state index contributed by atoms with van der Waals surface area (Å²) in [7, 11) is 1.96. The zero-order valence-corrected chi connectivity index (χ0v) is 17.7. The molecule has 2 heterocycles. The van der Waals surface area contributed by atoms with Crippen LogP contribution < -0.4 is 0 Å². The fraction of sp³-hybridized carbons (Fsp3) is 0.0741. The van der Waals surface area contributed by atoms with Crippen LogP contribution in [0.3, 0.4) is 0 Å². The molecule has 5 heteroatoms. The van der Waals surface area contributed by atoms with Crippen molar-refractivity contribution in [2.45, 2.75) is 6.92 Å². The number of fused-ring (bicyclic) bond motifs is 3. The second-order valence-electron chi connectivity index (χ2n) is 8.16. The molecule has 0 N–H and O–H groups in total. The van der Waals surface area contributed by atoms with E-state index in [-0.39, 0.29) is 17.1 Å². The van der Waals surface area contributed by atoms with Crippen molar-refractivity contribution in [3.8, 4) is 5.69 Å². The zero-order valence-electron chi connectivity index (χ0n) is 17.7. The van der Waals surface area contributed by atoms with Gasteiger partial charge in [0.15, 0.2) is 17.2 Å². The molecule has 0 atom stereocenters. The number of nitrogens with zero attached hydrogens (tertiary/aromatic N) is 3. The standard InChI is InChI=1S/C27H19N3O2/c1-16-12-23-27(29(16)2)28-24(30(23)19-10-4-3-5-11-19)15-22-25(31)20-13-17-8-6-7-9-18(17)14-21(20)26(22)32/h3-15H,1-2H3. The van der Waals surface area contributed by atoms with Gasteiger partial charge < -0.3 is 4.57 Å². The Hall–Kier alpha value is -4.25. The van der Waals surface area contributed by atoms with Gasteiger partial charge in [-0.2, -0.15) is 0 Å². The lowest BCUT2D eigenvalue weighted by molar-refractivity contribution is 0.0990. The maximum atomic E-state index is 13.2. The first-order valence-electron chi connectivity index (χ1n) is 10.5. The largest absolute Gasteiger partial charge is 0.332 e. The second-order valence-corrected chi connectivity index (χ2v) is 8.16. The predicted molar refractivity (Wildman–Crippen MR) is 125 cm³/mol. The summed E-state index contributed by atoms with van der Waals surface area (Å²) in [6.07, 6.45) is 1.64. The highest BCUT2D eigenvalue weighted by atomic mass is 16.2. The van der Waals surface area contributed by atoms with Crippen LogP contribution in [0.2, 0.25) is 0 Å². The topological polar surface area (TPSA) is 56.9 Å². The van der Waals surface area contributed by atoms with Crippen molar-refractivity contribution in [2.24, 2.45) is 7.05 Å². The van der Waals surface area contributed by atoms with Gasteiger partial charge in [-0.1, -0.05) is 42.5 Å². The Bertz CT molecular complexity index is 1560. The molecule has 0 saturated carbocycles. The van der Waals surface area contributed by atoms with Gasteiger partial charge in [0, 0.05) is 29.6 Å². The number of carbonyl (C=O) groups is 2. The summed E-state index contributed by atoms with van der Waals surface area (Å²) in [6.45, 7) is 2.03. The number of aryl methyl sites for hydroxylation is 2. The smallest absolute Gasteiger partial charge is 0.197 e. The molecule has 1 aliphatic rings. The molecule has 32 heavy (non-hydrogen) atoms. The molecule has 0 radical (unpaired) electrons. The van der Waals surface area contributed by atoms with E-state index in [9.17, 15) is 9.59 Å². The molecule has 0 bridgehead atoms. The number of imidazole rings is 1. The van der Waals surface area contributed by atoms with E-state index in [2.05, 4.69) is 6.07 Å². The number of para-hydroxylation sites is 1. The van der Waals surface area contributed by atoms with Gasteiger partial charge >= 0.3 is 0 Å². The first-order chi connectivity index (χ1) is 15.5. The third-order valence-electron chi connectivity index (χ3n) is 6.26. The number of aromatic nitrogens is 3. The summed E-state index contributed by atoms with van der Waals surface area (Å²) in [6, 6.07) is 23.3. The summed E-state index contributed by atoms with van der Waals surface area (Å²) in [5, 5.41) is 1.89. The molecule has 0 aliphatic heterocycles. The number of carbonyl (C=O) groups excluding carboxylic acids is 2. The van der Waals surface area contributed by atoms with Crippen LogP contribution in [0.15, 0.2) is 78.4 Å². The van der Waals surface area contributed by atoms with Gasteiger partial charge in [0.25, 0.3) is 0 Å². The molecule has 154 valence electrons. The summed E-state index contributed by atoms with van der Waals surface area (Å²) in [4.78, 5) is 31.3. The molecule has 6 rings (SSSR count). The summed E-state index contributed by atoms with van der Waals surface area (Å²) < 4.78 is 4.01. The summed E-state index contributed by atoms with van der Waals surface area (Å²) in [5.74, 6) is 0.0584. The molecule has 0 saturated heterocycles. The normalized spacial score (nSPS) is 13.4. The molecular formula is C27H19N3O2. The first-order valence-corrected chi connectivity index (χ1v) is 10.5. The molecular weight excluding hydrogens is 398 g/mol. The minimum absolute atomic E-state index is 0.152. The average molecular weight is 417 g/mol. The van der Waals surface area contributed by atoms with Crippen LogP contribution in [0.5, 0.6) is 0 Å². The van der Waals surface area contributed by atoms with Gasteiger partial charge in [-0.3, -0.25) is 14.2 Å².